The second-order valence-electron chi connectivity index (χ2n) is 10.6. The Kier molecular flexibility index (Phi) is 7.14. The molecule has 6 aromatic rings. The minimum Gasteiger partial charge on any atom is -0.372 e. The largest absolute Gasteiger partial charge is 0.372 e. The maximum Gasteiger partial charge on any atom is 0.365 e. The van der Waals surface area contributed by atoms with Crippen LogP contribution in [0.3, 0.4) is 0 Å². The van der Waals surface area contributed by atoms with Crippen LogP contribution in [0.4, 0.5) is 5.69 Å². The number of morpholine rings is 1. The Labute approximate surface area is 252 Å². The van der Waals surface area contributed by atoms with E-state index in [1.807, 2.05) is 24.3 Å². The van der Waals surface area contributed by atoms with Crippen LogP contribution in [-0.2, 0) is 4.74 Å². The quantitative estimate of drug-likeness (QED) is 0.213. The molecule has 0 bridgehead atoms. The summed E-state index contributed by atoms with van der Waals surface area (Å²) in [5.41, 5.74) is 7.06. The summed E-state index contributed by atoms with van der Waals surface area (Å²) < 4.78 is 5.87. The normalized spacial score (nSPS) is 16.8. The maximum absolute atomic E-state index is 12.7. The lowest BCUT2D eigenvalue weighted by molar-refractivity contribution is -0.00522. The van der Waals surface area contributed by atoms with E-state index in [2.05, 4.69) is 87.8 Å². The molecule has 0 aliphatic carbocycles. The van der Waals surface area contributed by atoms with Gasteiger partial charge in [0.1, 0.15) is 21.0 Å². The van der Waals surface area contributed by atoms with Gasteiger partial charge in [-0.3, -0.25) is 0 Å². The van der Waals surface area contributed by atoms with Gasteiger partial charge in [0, 0.05) is 29.9 Å². The van der Waals surface area contributed by atoms with Crippen LogP contribution >= 0.6 is 11.3 Å². The Morgan fingerprint density at radius 3 is 1.95 bits per heavy atom. The van der Waals surface area contributed by atoms with Crippen molar-refractivity contribution < 1.29 is 14.4 Å². The number of anilines is 1. The molecule has 1 saturated heterocycles. The van der Waals surface area contributed by atoms with Crippen LogP contribution < -0.4 is 9.74 Å². The minimum absolute atomic E-state index is 0.229. The number of rotatable bonds is 6. The molecule has 0 amide bonds. The van der Waals surface area contributed by atoms with Crippen LogP contribution in [0.25, 0.3) is 43.3 Å². The summed E-state index contributed by atoms with van der Waals surface area (Å²) in [6.07, 6.45) is 0.458. The maximum atomic E-state index is 12.7. The number of ether oxygens (including phenoxy) is 1. The van der Waals surface area contributed by atoms with Gasteiger partial charge in [0.2, 0.25) is 0 Å². The summed E-state index contributed by atoms with van der Waals surface area (Å²) in [7, 11) is 0. The number of carbonyl (C=O) groups is 1. The molecule has 4 aromatic carbocycles. The van der Waals surface area contributed by atoms with Crippen molar-refractivity contribution in [3.05, 3.63) is 103 Å². The fourth-order valence-electron chi connectivity index (χ4n) is 5.31. The van der Waals surface area contributed by atoms with E-state index in [0.717, 1.165) is 44.6 Å². The lowest BCUT2D eigenvalue weighted by Gasteiger charge is -2.36. The van der Waals surface area contributed by atoms with E-state index in [9.17, 15) is 4.79 Å². The molecular formula is C33H28N6O3S. The van der Waals surface area contributed by atoms with Gasteiger partial charge in [0.25, 0.3) is 0 Å². The Bertz CT molecular complexity index is 1870. The molecule has 43 heavy (non-hydrogen) atoms. The molecule has 2 aromatic heterocycles. The molecule has 0 radical (unpaired) electrons. The first-order valence-electron chi connectivity index (χ1n) is 14.1. The monoisotopic (exact) mass is 588 g/mol. The summed E-state index contributed by atoms with van der Waals surface area (Å²) in [5.74, 6) is -0.528. The molecule has 7 rings (SSSR count). The van der Waals surface area contributed by atoms with Crippen LogP contribution in [0.1, 0.15) is 24.2 Å². The van der Waals surface area contributed by atoms with Crippen molar-refractivity contribution in [2.45, 2.75) is 26.1 Å². The molecule has 2 unspecified atom stereocenters. The molecule has 9 nitrogen and oxygen atoms in total. The van der Waals surface area contributed by atoms with Crippen molar-refractivity contribution in [1.82, 2.24) is 25.4 Å². The Hall–Kier alpha value is -4.93. The van der Waals surface area contributed by atoms with Crippen LogP contribution in [0, 0.1) is 0 Å². The van der Waals surface area contributed by atoms with Crippen molar-refractivity contribution in [2.24, 2.45) is 0 Å². The number of nitrogens with zero attached hydrogens (tertiary/aromatic N) is 6. The Morgan fingerprint density at radius 1 is 0.744 bits per heavy atom. The van der Waals surface area contributed by atoms with Gasteiger partial charge in [-0.25, -0.2) is 4.79 Å². The standard InChI is InChI=1S/C33H28N6O3S/c1-21-19-38(20-22(2)41-21)28-17-15-24(16-18-28)23-7-9-25(10-8-23)31-35-36-32(43-31)26-11-13-27(14-12-26)33(40)42-39-30-6-4-3-5-29(30)34-37-39/h3-18,21-22H,19-20H2,1-2H3. The molecule has 1 aliphatic rings. The van der Waals surface area contributed by atoms with E-state index in [1.54, 1.807) is 24.3 Å². The van der Waals surface area contributed by atoms with Gasteiger partial charge in [-0.05, 0) is 66.6 Å². The Balaban J connectivity index is 1.01. The fraction of sp³-hybridized carbons (Fsp3) is 0.182. The highest BCUT2D eigenvalue weighted by Gasteiger charge is 2.22. The predicted octanol–water partition coefficient (Wildman–Crippen LogP) is 6.17. The molecule has 0 spiro atoms. The molecule has 1 aliphatic heterocycles. The molecule has 10 heteroatoms. The number of carbonyl (C=O) groups excluding carboxylic acids is 1. The predicted molar refractivity (Wildman–Crippen MR) is 167 cm³/mol. The van der Waals surface area contributed by atoms with Gasteiger partial charge in [-0.2, -0.15) is 0 Å². The fourth-order valence-corrected chi connectivity index (χ4v) is 6.16. The summed E-state index contributed by atoms with van der Waals surface area (Å²) in [6.45, 7) is 6.05. The third-order valence-electron chi connectivity index (χ3n) is 7.40. The zero-order valence-corrected chi connectivity index (χ0v) is 24.4. The van der Waals surface area contributed by atoms with Gasteiger partial charge in [-0.1, -0.05) is 76.8 Å². The minimum atomic E-state index is -0.528. The van der Waals surface area contributed by atoms with E-state index in [-0.39, 0.29) is 12.2 Å². The van der Waals surface area contributed by atoms with E-state index in [4.69, 9.17) is 9.57 Å². The molecule has 0 N–H and O–H groups in total. The number of hydrogen-bond donors (Lipinski definition) is 0. The first-order valence-corrected chi connectivity index (χ1v) is 14.9. The van der Waals surface area contributed by atoms with Crippen molar-refractivity contribution in [1.29, 1.82) is 0 Å². The van der Waals surface area contributed by atoms with Crippen molar-refractivity contribution in [3.63, 3.8) is 0 Å². The number of aromatic nitrogens is 5. The van der Waals surface area contributed by atoms with Crippen molar-refractivity contribution >= 4 is 34.0 Å². The second kappa shape index (κ2) is 11.4. The van der Waals surface area contributed by atoms with Crippen LogP contribution in [-0.4, -0.2) is 56.6 Å². The highest BCUT2D eigenvalue weighted by atomic mass is 32.1. The second-order valence-corrected chi connectivity index (χ2v) is 11.6. The molecule has 2 atom stereocenters. The van der Waals surface area contributed by atoms with E-state index in [1.165, 1.54) is 22.6 Å². The number of hydrogen-bond acceptors (Lipinski definition) is 9. The molecular weight excluding hydrogens is 560 g/mol. The number of para-hydroxylation sites is 1. The average molecular weight is 589 g/mol. The molecule has 3 heterocycles. The van der Waals surface area contributed by atoms with Gasteiger partial charge in [0.15, 0.2) is 0 Å². The van der Waals surface area contributed by atoms with Gasteiger partial charge < -0.3 is 14.5 Å². The third kappa shape index (κ3) is 5.62. The highest BCUT2D eigenvalue weighted by molar-refractivity contribution is 7.17. The van der Waals surface area contributed by atoms with E-state index in [0.29, 0.717) is 16.6 Å². The van der Waals surface area contributed by atoms with Gasteiger partial charge >= 0.3 is 5.97 Å². The number of fused-ring (bicyclic) bond motifs is 1. The summed E-state index contributed by atoms with van der Waals surface area (Å²) in [6, 6.07) is 31.5. The zero-order chi connectivity index (χ0) is 29.3. The average Bonchev–Trinajstić information content (AvgIpc) is 3.69. The molecule has 0 saturated carbocycles. The zero-order valence-electron chi connectivity index (χ0n) is 23.6. The summed E-state index contributed by atoms with van der Waals surface area (Å²) in [4.78, 5) is 21.6. The Morgan fingerprint density at radius 2 is 1.30 bits per heavy atom. The van der Waals surface area contributed by atoms with E-state index >= 15 is 0 Å². The van der Waals surface area contributed by atoms with Gasteiger partial charge in [-0.15, -0.1) is 15.3 Å². The van der Waals surface area contributed by atoms with Crippen molar-refractivity contribution in [2.75, 3.05) is 18.0 Å². The SMILES string of the molecule is CC1CN(c2ccc(-c3ccc(-c4nnc(-c5ccc(C(=O)On6nnc7ccccc76)cc5)s4)cc3)cc2)CC(C)O1. The van der Waals surface area contributed by atoms with Crippen LogP contribution in [0.2, 0.25) is 0 Å². The summed E-state index contributed by atoms with van der Waals surface area (Å²) in [5, 5.41) is 18.3. The van der Waals surface area contributed by atoms with Crippen molar-refractivity contribution in [3.8, 4) is 32.3 Å². The first kappa shape index (κ1) is 26.9. The molecule has 214 valence electrons. The van der Waals surface area contributed by atoms with Gasteiger partial charge in [0.05, 0.1) is 17.8 Å². The summed E-state index contributed by atoms with van der Waals surface area (Å²) >= 11 is 1.50. The first-order chi connectivity index (χ1) is 21.0. The lowest BCUT2D eigenvalue weighted by Crippen LogP contribution is -2.45. The smallest absolute Gasteiger partial charge is 0.365 e. The van der Waals surface area contributed by atoms with Crippen LogP contribution in [0.15, 0.2) is 97.1 Å². The number of benzene rings is 4. The highest BCUT2D eigenvalue weighted by Crippen LogP contribution is 2.32. The topological polar surface area (TPSA) is 95.3 Å². The molecule has 1 fully saturated rings. The van der Waals surface area contributed by atoms with Crippen LogP contribution in [0.5, 0.6) is 0 Å². The van der Waals surface area contributed by atoms with E-state index < -0.39 is 5.97 Å². The lowest BCUT2D eigenvalue weighted by atomic mass is 10.0. The third-order valence-corrected chi connectivity index (χ3v) is 8.42.